The van der Waals surface area contributed by atoms with Crippen LogP contribution in [-0.4, -0.2) is 20.7 Å². The number of Topliss-reactive ketones (excluding diaryl/α,β-unsaturated/α-hetero) is 1. The molecule has 0 aliphatic heterocycles. The van der Waals surface area contributed by atoms with Crippen molar-refractivity contribution in [2.45, 2.75) is 13.3 Å². The van der Waals surface area contributed by atoms with Gasteiger partial charge in [-0.25, -0.2) is 4.98 Å². The molecule has 2 aromatic rings. The molecule has 0 radical (unpaired) electrons. The third kappa shape index (κ3) is 1.20. The molecule has 0 aromatic carbocycles. The van der Waals surface area contributed by atoms with Gasteiger partial charge in [0.05, 0.1) is 11.8 Å². The summed E-state index contributed by atoms with van der Waals surface area (Å²) in [6, 6.07) is 1.80. The smallest absolute Gasteiger partial charge is 0.183 e. The highest BCUT2D eigenvalue weighted by molar-refractivity contribution is 6.03. The molecule has 0 saturated heterocycles. The second-order valence-corrected chi connectivity index (χ2v) is 2.73. The van der Waals surface area contributed by atoms with Gasteiger partial charge in [0, 0.05) is 12.6 Å². The largest absolute Gasteiger partial charge is 0.344 e. The van der Waals surface area contributed by atoms with Gasteiger partial charge in [0.15, 0.2) is 5.78 Å². The Balaban J connectivity index is 2.67. The van der Waals surface area contributed by atoms with Crippen LogP contribution in [0.25, 0.3) is 11.0 Å². The van der Waals surface area contributed by atoms with Crippen LogP contribution in [0.3, 0.4) is 0 Å². The molecule has 4 nitrogen and oxygen atoms in total. The molecule has 0 atom stereocenters. The van der Waals surface area contributed by atoms with Crippen molar-refractivity contribution in [1.29, 1.82) is 0 Å². The van der Waals surface area contributed by atoms with Crippen molar-refractivity contribution in [2.24, 2.45) is 0 Å². The molecule has 0 fully saturated rings. The van der Waals surface area contributed by atoms with Crippen LogP contribution in [0.2, 0.25) is 0 Å². The van der Waals surface area contributed by atoms with Crippen molar-refractivity contribution < 1.29 is 4.79 Å². The van der Waals surface area contributed by atoms with Crippen molar-refractivity contribution >= 4 is 16.8 Å². The first-order valence-corrected chi connectivity index (χ1v) is 4.14. The molecule has 0 spiro atoms. The second kappa shape index (κ2) is 2.97. The van der Waals surface area contributed by atoms with Crippen LogP contribution in [-0.2, 0) is 0 Å². The number of aromatic amines is 1. The van der Waals surface area contributed by atoms with Crippen LogP contribution in [0, 0.1) is 0 Å². The number of pyridine rings is 1. The number of aromatic nitrogens is 3. The van der Waals surface area contributed by atoms with E-state index in [0.717, 1.165) is 5.52 Å². The van der Waals surface area contributed by atoms with Gasteiger partial charge in [0.25, 0.3) is 0 Å². The van der Waals surface area contributed by atoms with Gasteiger partial charge in [-0.2, -0.15) is 0 Å². The maximum Gasteiger partial charge on any atom is 0.183 e. The molecular formula is C9H9N3O. The Kier molecular flexibility index (Phi) is 1.81. The number of rotatable bonds is 2. The highest BCUT2D eigenvalue weighted by atomic mass is 16.1. The van der Waals surface area contributed by atoms with Crippen LogP contribution in [0.5, 0.6) is 0 Å². The lowest BCUT2D eigenvalue weighted by Gasteiger charge is -1.96. The number of carbonyl (C=O) groups is 1. The summed E-state index contributed by atoms with van der Waals surface area (Å²) in [5.41, 5.74) is 1.97. The zero-order valence-electron chi connectivity index (χ0n) is 7.24. The third-order valence-electron chi connectivity index (χ3n) is 1.92. The molecule has 2 heterocycles. The Labute approximate surface area is 75.0 Å². The number of imidazole rings is 1. The fourth-order valence-corrected chi connectivity index (χ4v) is 1.24. The van der Waals surface area contributed by atoms with Crippen LogP contribution < -0.4 is 0 Å². The summed E-state index contributed by atoms with van der Waals surface area (Å²) in [5.74, 6) is 0.0256. The number of ketones is 1. The molecule has 1 N–H and O–H groups in total. The minimum atomic E-state index is 0.0256. The van der Waals surface area contributed by atoms with Gasteiger partial charge >= 0.3 is 0 Å². The monoisotopic (exact) mass is 175 g/mol. The zero-order chi connectivity index (χ0) is 9.26. The van der Waals surface area contributed by atoms with Gasteiger partial charge in [-0.1, -0.05) is 6.92 Å². The summed E-state index contributed by atoms with van der Waals surface area (Å²) >= 11 is 0. The van der Waals surface area contributed by atoms with Crippen molar-refractivity contribution in [3.05, 3.63) is 24.3 Å². The first-order valence-electron chi connectivity index (χ1n) is 4.14. The fraction of sp³-hybridized carbons (Fsp3) is 0.222. The molecule has 0 aliphatic carbocycles. The minimum Gasteiger partial charge on any atom is -0.344 e. The van der Waals surface area contributed by atoms with Gasteiger partial charge in [-0.05, 0) is 6.07 Å². The summed E-state index contributed by atoms with van der Waals surface area (Å²) in [6.07, 6.45) is 3.64. The van der Waals surface area contributed by atoms with Crippen molar-refractivity contribution in [2.75, 3.05) is 0 Å². The van der Waals surface area contributed by atoms with E-state index in [9.17, 15) is 4.79 Å². The predicted molar refractivity (Wildman–Crippen MR) is 48.5 cm³/mol. The number of hydrogen-bond acceptors (Lipinski definition) is 3. The Hall–Kier alpha value is -1.71. The van der Waals surface area contributed by atoms with E-state index in [0.29, 0.717) is 17.6 Å². The second-order valence-electron chi connectivity index (χ2n) is 2.73. The average Bonchev–Trinajstić information content (AvgIpc) is 2.63. The molecule has 0 saturated carbocycles. The summed E-state index contributed by atoms with van der Waals surface area (Å²) in [5, 5.41) is 0. The zero-order valence-corrected chi connectivity index (χ0v) is 7.24. The van der Waals surface area contributed by atoms with E-state index < -0.39 is 0 Å². The molecule has 0 bridgehead atoms. The molecule has 2 aromatic heterocycles. The van der Waals surface area contributed by atoms with Crippen LogP contribution in [0.15, 0.2) is 18.6 Å². The normalized spacial score (nSPS) is 10.5. The van der Waals surface area contributed by atoms with Crippen LogP contribution in [0.4, 0.5) is 0 Å². The first-order chi connectivity index (χ1) is 6.33. The Morgan fingerprint density at radius 2 is 2.38 bits per heavy atom. The SMILES string of the molecule is CCC(=O)c1nccc2[nH]cnc12. The number of carbonyl (C=O) groups excluding carboxylic acids is 1. The standard InChI is InChI=1S/C9H9N3O/c1-2-7(13)9-8-6(3-4-10-9)11-5-12-8/h3-5H,2H2,1H3,(H,11,12). The van der Waals surface area contributed by atoms with E-state index >= 15 is 0 Å². The Morgan fingerprint density at radius 3 is 3.15 bits per heavy atom. The lowest BCUT2D eigenvalue weighted by atomic mass is 10.2. The van der Waals surface area contributed by atoms with Crippen molar-refractivity contribution in [3.8, 4) is 0 Å². The molecule has 4 heteroatoms. The quantitative estimate of drug-likeness (QED) is 0.704. The topological polar surface area (TPSA) is 58.6 Å². The molecule has 0 unspecified atom stereocenters. The lowest BCUT2D eigenvalue weighted by Crippen LogP contribution is -2.00. The lowest BCUT2D eigenvalue weighted by molar-refractivity contribution is 0.0985. The molecule has 66 valence electrons. The highest BCUT2D eigenvalue weighted by Gasteiger charge is 2.10. The third-order valence-corrected chi connectivity index (χ3v) is 1.92. The van der Waals surface area contributed by atoms with E-state index in [1.165, 1.54) is 0 Å². The van der Waals surface area contributed by atoms with E-state index in [1.54, 1.807) is 18.6 Å². The van der Waals surface area contributed by atoms with Gasteiger partial charge in [-0.15, -0.1) is 0 Å². The molecular weight excluding hydrogens is 166 g/mol. The molecule has 2 rings (SSSR count). The van der Waals surface area contributed by atoms with Gasteiger partial charge in [-0.3, -0.25) is 9.78 Å². The Morgan fingerprint density at radius 1 is 1.54 bits per heavy atom. The van der Waals surface area contributed by atoms with Crippen LogP contribution >= 0.6 is 0 Å². The minimum absolute atomic E-state index is 0.0256. The van der Waals surface area contributed by atoms with E-state index in [1.807, 2.05) is 6.92 Å². The summed E-state index contributed by atoms with van der Waals surface area (Å²) in [7, 11) is 0. The van der Waals surface area contributed by atoms with Crippen molar-refractivity contribution in [3.63, 3.8) is 0 Å². The average molecular weight is 175 g/mol. The van der Waals surface area contributed by atoms with Gasteiger partial charge in [0.2, 0.25) is 0 Å². The number of H-pyrrole nitrogens is 1. The maximum absolute atomic E-state index is 11.4. The number of nitrogens with one attached hydrogen (secondary N) is 1. The van der Waals surface area contributed by atoms with E-state index in [4.69, 9.17) is 0 Å². The van der Waals surface area contributed by atoms with Crippen molar-refractivity contribution in [1.82, 2.24) is 15.0 Å². The maximum atomic E-state index is 11.4. The first kappa shape index (κ1) is 7.91. The van der Waals surface area contributed by atoms with E-state index in [2.05, 4.69) is 15.0 Å². The summed E-state index contributed by atoms with van der Waals surface area (Å²) in [4.78, 5) is 22.4. The highest BCUT2D eigenvalue weighted by Crippen LogP contribution is 2.12. The predicted octanol–water partition coefficient (Wildman–Crippen LogP) is 1.55. The van der Waals surface area contributed by atoms with Crippen LogP contribution in [0.1, 0.15) is 23.8 Å². The number of fused-ring (bicyclic) bond motifs is 1. The fourth-order valence-electron chi connectivity index (χ4n) is 1.24. The van der Waals surface area contributed by atoms with E-state index in [-0.39, 0.29) is 5.78 Å². The molecule has 13 heavy (non-hydrogen) atoms. The summed E-state index contributed by atoms with van der Waals surface area (Å²) in [6.45, 7) is 1.81. The number of hydrogen-bond donors (Lipinski definition) is 1. The molecule has 0 aliphatic rings. The van der Waals surface area contributed by atoms with Gasteiger partial charge in [0.1, 0.15) is 11.2 Å². The Bertz CT molecular complexity index is 447. The van der Waals surface area contributed by atoms with Gasteiger partial charge < -0.3 is 4.98 Å². The molecule has 0 amide bonds. The summed E-state index contributed by atoms with van der Waals surface area (Å²) < 4.78 is 0. The number of nitrogens with zero attached hydrogens (tertiary/aromatic N) is 2.